The highest BCUT2D eigenvalue weighted by molar-refractivity contribution is 5.77. The van der Waals surface area contributed by atoms with Crippen molar-refractivity contribution < 1.29 is 9.53 Å². The number of carbonyl (C=O) groups is 1. The van der Waals surface area contributed by atoms with Crippen molar-refractivity contribution in [3.8, 4) is 0 Å². The van der Waals surface area contributed by atoms with Crippen molar-refractivity contribution in [3.05, 3.63) is 0 Å². The van der Waals surface area contributed by atoms with Crippen molar-refractivity contribution in [2.45, 2.75) is 33.3 Å². The maximum Gasteiger partial charge on any atom is 0.312 e. The van der Waals surface area contributed by atoms with Crippen LogP contribution in [-0.4, -0.2) is 12.1 Å². The van der Waals surface area contributed by atoms with E-state index in [1.165, 1.54) is 0 Å². The Kier molecular flexibility index (Phi) is 1.97. The molecular formula is C8H14O2. The van der Waals surface area contributed by atoms with Crippen LogP contribution in [0.1, 0.15) is 27.2 Å². The maximum atomic E-state index is 10.6. The van der Waals surface area contributed by atoms with E-state index in [9.17, 15) is 4.79 Å². The summed E-state index contributed by atoms with van der Waals surface area (Å²) in [6, 6.07) is 0. The van der Waals surface area contributed by atoms with E-state index in [0.717, 1.165) is 6.42 Å². The van der Waals surface area contributed by atoms with Crippen molar-refractivity contribution in [1.82, 2.24) is 0 Å². The fourth-order valence-corrected chi connectivity index (χ4v) is 1.15. The number of carbonyl (C=O) groups excluding carboxylic acids is 1. The normalized spacial score (nSPS) is 31.8. The molecule has 0 bridgehead atoms. The minimum atomic E-state index is -0.0364. The third kappa shape index (κ3) is 1.31. The Bertz CT molecular complexity index is 140. The van der Waals surface area contributed by atoms with Crippen LogP contribution in [0.15, 0.2) is 0 Å². The second-order valence-electron chi connectivity index (χ2n) is 3.39. The van der Waals surface area contributed by atoms with Gasteiger partial charge < -0.3 is 4.74 Å². The van der Waals surface area contributed by atoms with Gasteiger partial charge in [0.15, 0.2) is 0 Å². The molecule has 0 aromatic rings. The fraction of sp³-hybridized carbons (Fsp3) is 0.875. The second-order valence-corrected chi connectivity index (χ2v) is 3.39. The minimum Gasteiger partial charge on any atom is -0.461 e. The smallest absolute Gasteiger partial charge is 0.312 e. The molecule has 1 aliphatic rings. The summed E-state index contributed by atoms with van der Waals surface area (Å²) < 4.78 is 4.92. The number of hydrogen-bond acceptors (Lipinski definition) is 2. The molecule has 1 rings (SSSR count). The Morgan fingerprint density at radius 2 is 2.20 bits per heavy atom. The zero-order valence-electron chi connectivity index (χ0n) is 6.76. The highest BCUT2D eigenvalue weighted by Crippen LogP contribution is 2.26. The van der Waals surface area contributed by atoms with Crippen LogP contribution in [0.3, 0.4) is 0 Å². The Morgan fingerprint density at radius 1 is 1.60 bits per heavy atom. The monoisotopic (exact) mass is 142 g/mol. The van der Waals surface area contributed by atoms with E-state index in [4.69, 9.17) is 4.74 Å². The first-order chi connectivity index (χ1) is 4.61. The van der Waals surface area contributed by atoms with Crippen molar-refractivity contribution in [3.63, 3.8) is 0 Å². The van der Waals surface area contributed by atoms with Crippen LogP contribution >= 0.6 is 0 Å². The molecule has 0 aromatic carbocycles. The van der Waals surface area contributed by atoms with Gasteiger partial charge in [-0.3, -0.25) is 4.79 Å². The van der Waals surface area contributed by atoms with Crippen LogP contribution in [0, 0.1) is 11.8 Å². The molecule has 0 amide bonds. The Hall–Kier alpha value is -0.530. The quantitative estimate of drug-likeness (QED) is 0.547. The van der Waals surface area contributed by atoms with Gasteiger partial charge in [0, 0.05) is 0 Å². The fourth-order valence-electron chi connectivity index (χ4n) is 1.15. The second kappa shape index (κ2) is 2.60. The molecule has 1 fully saturated rings. The van der Waals surface area contributed by atoms with E-state index in [0.29, 0.717) is 5.92 Å². The van der Waals surface area contributed by atoms with Gasteiger partial charge in [-0.1, -0.05) is 13.8 Å². The highest BCUT2D eigenvalue weighted by Gasteiger charge is 2.38. The molecule has 0 N–H and O–H groups in total. The van der Waals surface area contributed by atoms with E-state index >= 15 is 0 Å². The average Bonchev–Trinajstić information content (AvgIpc) is 1.86. The predicted molar refractivity (Wildman–Crippen MR) is 38.5 cm³/mol. The molecule has 1 aliphatic heterocycles. The number of ether oxygens (including phenoxy) is 1. The maximum absolute atomic E-state index is 10.6. The van der Waals surface area contributed by atoms with Gasteiger partial charge in [-0.25, -0.2) is 0 Å². The summed E-state index contributed by atoms with van der Waals surface area (Å²) in [6.45, 7) is 6.20. The van der Waals surface area contributed by atoms with Gasteiger partial charge in [-0.05, 0) is 19.3 Å². The van der Waals surface area contributed by atoms with E-state index in [2.05, 4.69) is 13.8 Å². The van der Waals surface area contributed by atoms with Crippen molar-refractivity contribution in [2.75, 3.05) is 0 Å². The standard InChI is InChI=1S/C8H14O2/c1-5(2)4-7-6(3)8(9)10-7/h5-7H,4H2,1-3H3/t6-,7+/m1/s1. The zero-order valence-corrected chi connectivity index (χ0v) is 6.76. The molecule has 10 heavy (non-hydrogen) atoms. The van der Waals surface area contributed by atoms with Gasteiger partial charge in [0.25, 0.3) is 0 Å². The largest absolute Gasteiger partial charge is 0.461 e. The molecule has 2 nitrogen and oxygen atoms in total. The van der Waals surface area contributed by atoms with Crippen LogP contribution in [0.4, 0.5) is 0 Å². The number of rotatable bonds is 2. The summed E-state index contributed by atoms with van der Waals surface area (Å²) in [5.74, 6) is 0.730. The summed E-state index contributed by atoms with van der Waals surface area (Å²) in [5, 5.41) is 0. The molecule has 0 spiro atoms. The third-order valence-electron chi connectivity index (χ3n) is 1.90. The van der Waals surface area contributed by atoms with Crippen molar-refractivity contribution >= 4 is 5.97 Å². The lowest BCUT2D eigenvalue weighted by Gasteiger charge is -2.33. The van der Waals surface area contributed by atoms with Crippen molar-refractivity contribution in [2.24, 2.45) is 11.8 Å². The first-order valence-corrected chi connectivity index (χ1v) is 3.81. The summed E-state index contributed by atoms with van der Waals surface area (Å²) in [5.41, 5.74) is 0. The van der Waals surface area contributed by atoms with Crippen LogP contribution in [0.5, 0.6) is 0 Å². The molecule has 58 valence electrons. The van der Waals surface area contributed by atoms with Gasteiger partial charge in [-0.2, -0.15) is 0 Å². The first-order valence-electron chi connectivity index (χ1n) is 3.81. The van der Waals surface area contributed by atoms with E-state index < -0.39 is 0 Å². The molecule has 0 radical (unpaired) electrons. The topological polar surface area (TPSA) is 26.3 Å². The van der Waals surface area contributed by atoms with Gasteiger partial charge in [0.1, 0.15) is 6.10 Å². The van der Waals surface area contributed by atoms with Crippen molar-refractivity contribution in [1.29, 1.82) is 0 Å². The molecular weight excluding hydrogens is 128 g/mol. The van der Waals surface area contributed by atoms with Crippen LogP contribution in [-0.2, 0) is 9.53 Å². The Balaban J connectivity index is 2.27. The Morgan fingerprint density at radius 3 is 2.50 bits per heavy atom. The highest BCUT2D eigenvalue weighted by atomic mass is 16.6. The van der Waals surface area contributed by atoms with Crippen LogP contribution in [0.25, 0.3) is 0 Å². The average molecular weight is 142 g/mol. The number of hydrogen-bond donors (Lipinski definition) is 0. The molecule has 0 aromatic heterocycles. The van der Waals surface area contributed by atoms with E-state index in [1.54, 1.807) is 0 Å². The number of esters is 1. The first kappa shape index (κ1) is 7.58. The molecule has 0 saturated carbocycles. The lowest BCUT2D eigenvalue weighted by molar-refractivity contribution is -0.184. The van der Waals surface area contributed by atoms with Crippen LogP contribution < -0.4 is 0 Å². The van der Waals surface area contributed by atoms with E-state index in [-0.39, 0.29) is 18.0 Å². The van der Waals surface area contributed by atoms with Gasteiger partial charge in [0.2, 0.25) is 0 Å². The van der Waals surface area contributed by atoms with Crippen LogP contribution in [0.2, 0.25) is 0 Å². The summed E-state index contributed by atoms with van der Waals surface area (Å²) in [4.78, 5) is 10.6. The summed E-state index contributed by atoms with van der Waals surface area (Å²) in [6.07, 6.45) is 1.21. The third-order valence-corrected chi connectivity index (χ3v) is 1.90. The Labute approximate surface area is 61.6 Å². The molecule has 2 atom stereocenters. The minimum absolute atomic E-state index is 0.0364. The lowest BCUT2D eigenvalue weighted by atomic mass is 9.92. The molecule has 1 heterocycles. The van der Waals surface area contributed by atoms with E-state index in [1.807, 2.05) is 6.92 Å². The molecule has 2 heteroatoms. The predicted octanol–water partition coefficient (Wildman–Crippen LogP) is 1.59. The molecule has 1 saturated heterocycles. The zero-order chi connectivity index (χ0) is 7.72. The van der Waals surface area contributed by atoms with Gasteiger partial charge in [0.05, 0.1) is 5.92 Å². The lowest BCUT2D eigenvalue weighted by Crippen LogP contribution is -2.43. The van der Waals surface area contributed by atoms with Gasteiger partial charge in [-0.15, -0.1) is 0 Å². The number of cyclic esters (lactones) is 1. The summed E-state index contributed by atoms with van der Waals surface area (Å²) >= 11 is 0. The molecule has 0 aliphatic carbocycles. The molecule has 0 unspecified atom stereocenters. The summed E-state index contributed by atoms with van der Waals surface area (Å²) in [7, 11) is 0. The SMILES string of the molecule is CC(C)C[C@@H]1OC(=O)[C@@H]1C. The van der Waals surface area contributed by atoms with Gasteiger partial charge >= 0.3 is 5.97 Å².